The van der Waals surface area contributed by atoms with E-state index in [1.807, 2.05) is 0 Å². The van der Waals surface area contributed by atoms with Crippen LogP contribution in [0.25, 0.3) is 0 Å². The molecule has 0 aromatic heterocycles. The molecule has 0 N–H and O–H groups in total. The molecule has 0 amide bonds. The molecule has 6 heteroatoms. The van der Waals surface area contributed by atoms with E-state index in [0.717, 1.165) is 44.9 Å². The second-order valence-corrected chi connectivity index (χ2v) is 9.66. The Morgan fingerprint density at radius 1 is 0.714 bits per heavy atom. The van der Waals surface area contributed by atoms with E-state index >= 15 is 0 Å². The van der Waals surface area contributed by atoms with Gasteiger partial charge in [-0.05, 0) is 26.2 Å². The number of unbranched alkanes of at least 4 members (excludes halogenated alkanes) is 9. The molecule has 0 rings (SSSR count). The smallest absolute Gasteiger partial charge is 0.344 e. The monoisotopic (exact) mass is 420 g/mol. The molecular weight excluding hydrogens is 375 g/mol. The topological polar surface area (TPSA) is 61.8 Å². The van der Waals surface area contributed by atoms with Gasteiger partial charge in [-0.15, -0.1) is 0 Å². The van der Waals surface area contributed by atoms with Crippen LogP contribution in [0.2, 0.25) is 0 Å². The minimum absolute atomic E-state index is 0.274. The van der Waals surface area contributed by atoms with Crippen molar-refractivity contribution >= 4 is 13.6 Å². The summed E-state index contributed by atoms with van der Waals surface area (Å²) < 4.78 is 30.1. The van der Waals surface area contributed by atoms with E-state index in [-0.39, 0.29) is 6.61 Å². The van der Waals surface area contributed by atoms with Gasteiger partial charge in [0.05, 0.1) is 19.8 Å². The molecule has 0 radical (unpaired) electrons. The van der Waals surface area contributed by atoms with E-state index in [4.69, 9.17) is 13.8 Å². The Labute approximate surface area is 173 Å². The van der Waals surface area contributed by atoms with E-state index in [9.17, 15) is 9.36 Å². The predicted octanol–water partition coefficient (Wildman–Crippen LogP) is 7.28. The summed E-state index contributed by atoms with van der Waals surface area (Å²) >= 11 is 0. The lowest BCUT2D eigenvalue weighted by Gasteiger charge is -2.25. The molecule has 0 aromatic rings. The van der Waals surface area contributed by atoms with Crippen LogP contribution in [0.15, 0.2) is 0 Å². The maximum absolute atomic E-state index is 13.5. The SMILES string of the molecule is CCCCCCCCCC[C@@H](C(=O)OCC)P(=O)(OCCCC)OCCCC. The van der Waals surface area contributed by atoms with Crippen LogP contribution in [0, 0.1) is 0 Å². The van der Waals surface area contributed by atoms with E-state index < -0.39 is 19.2 Å². The maximum Gasteiger partial charge on any atom is 0.344 e. The largest absolute Gasteiger partial charge is 0.465 e. The van der Waals surface area contributed by atoms with Gasteiger partial charge in [0.25, 0.3) is 0 Å². The van der Waals surface area contributed by atoms with Crippen LogP contribution in [0.4, 0.5) is 0 Å². The lowest BCUT2D eigenvalue weighted by Crippen LogP contribution is -2.26. The number of rotatable bonds is 20. The molecule has 0 saturated heterocycles. The average molecular weight is 421 g/mol. The fourth-order valence-electron chi connectivity index (χ4n) is 3.00. The lowest BCUT2D eigenvalue weighted by molar-refractivity contribution is -0.143. The maximum atomic E-state index is 13.5. The summed E-state index contributed by atoms with van der Waals surface area (Å²) in [5, 5.41) is 0. The molecule has 0 unspecified atom stereocenters. The Hall–Kier alpha value is -0.380. The molecule has 0 saturated carbocycles. The summed E-state index contributed by atoms with van der Waals surface area (Å²) in [7, 11) is -3.52. The Morgan fingerprint density at radius 2 is 1.18 bits per heavy atom. The molecule has 28 heavy (non-hydrogen) atoms. The lowest BCUT2D eigenvalue weighted by atomic mass is 10.1. The van der Waals surface area contributed by atoms with Crippen molar-refractivity contribution in [1.82, 2.24) is 0 Å². The van der Waals surface area contributed by atoms with Gasteiger partial charge in [-0.2, -0.15) is 0 Å². The summed E-state index contributed by atoms with van der Waals surface area (Å²) in [5.41, 5.74) is -0.804. The van der Waals surface area contributed by atoms with Crippen molar-refractivity contribution in [3.8, 4) is 0 Å². The number of carbonyl (C=O) groups excluding carboxylic acids is 1. The highest BCUT2D eigenvalue weighted by Gasteiger charge is 2.42. The zero-order chi connectivity index (χ0) is 21.1. The number of carbonyl (C=O) groups is 1. The Kier molecular flexibility index (Phi) is 18.4. The molecule has 1 atom stereocenters. The molecule has 0 aromatic carbocycles. The second kappa shape index (κ2) is 18.6. The van der Waals surface area contributed by atoms with Crippen molar-refractivity contribution < 1.29 is 23.1 Å². The fraction of sp³-hybridized carbons (Fsp3) is 0.955. The molecule has 0 bridgehead atoms. The van der Waals surface area contributed by atoms with Gasteiger partial charge < -0.3 is 13.8 Å². The Balaban J connectivity index is 4.77. The van der Waals surface area contributed by atoms with Gasteiger partial charge in [-0.25, -0.2) is 0 Å². The molecule has 0 heterocycles. The Bertz CT molecular complexity index is 400. The van der Waals surface area contributed by atoms with E-state index in [1.54, 1.807) is 6.92 Å². The summed E-state index contributed by atoms with van der Waals surface area (Å²) in [6.45, 7) is 9.08. The summed E-state index contributed by atoms with van der Waals surface area (Å²) in [5.74, 6) is -0.443. The van der Waals surface area contributed by atoms with Crippen LogP contribution in [-0.4, -0.2) is 31.4 Å². The molecule has 0 aliphatic heterocycles. The van der Waals surface area contributed by atoms with Crippen LogP contribution in [0.3, 0.4) is 0 Å². The van der Waals surface area contributed by atoms with Crippen LogP contribution >= 0.6 is 7.60 Å². The van der Waals surface area contributed by atoms with Gasteiger partial charge in [0.1, 0.15) is 0 Å². The van der Waals surface area contributed by atoms with Crippen molar-refractivity contribution in [2.75, 3.05) is 19.8 Å². The summed E-state index contributed by atoms with van der Waals surface area (Å²) in [6.07, 6.45) is 13.4. The number of ether oxygens (including phenoxy) is 1. The number of esters is 1. The predicted molar refractivity (Wildman–Crippen MR) is 117 cm³/mol. The quantitative estimate of drug-likeness (QED) is 0.118. The van der Waals surface area contributed by atoms with E-state index in [2.05, 4.69) is 20.8 Å². The molecule has 5 nitrogen and oxygen atoms in total. The molecule has 0 spiro atoms. The van der Waals surface area contributed by atoms with Gasteiger partial charge in [-0.3, -0.25) is 9.36 Å². The highest BCUT2D eigenvalue weighted by atomic mass is 31.2. The van der Waals surface area contributed by atoms with Gasteiger partial charge in [-0.1, -0.05) is 85.0 Å². The first-order valence-corrected chi connectivity index (χ1v) is 13.2. The van der Waals surface area contributed by atoms with Crippen molar-refractivity contribution in [3.05, 3.63) is 0 Å². The summed E-state index contributed by atoms with van der Waals surface area (Å²) in [6, 6.07) is 0. The standard InChI is InChI=1S/C22H45O5P/c1-5-9-12-13-14-15-16-17-18-21(22(23)25-8-4)28(24,26-19-10-6-2)27-20-11-7-3/h21H,5-20H2,1-4H3/t21-/m0/s1. The molecule has 168 valence electrons. The number of hydrogen-bond acceptors (Lipinski definition) is 5. The molecular formula is C22H45O5P. The molecule has 0 aliphatic rings. The van der Waals surface area contributed by atoms with Crippen LogP contribution < -0.4 is 0 Å². The third-order valence-corrected chi connectivity index (χ3v) is 7.13. The van der Waals surface area contributed by atoms with Gasteiger partial charge in [0, 0.05) is 0 Å². The van der Waals surface area contributed by atoms with Crippen molar-refractivity contribution in [1.29, 1.82) is 0 Å². The average Bonchev–Trinajstić information content (AvgIpc) is 2.67. The van der Waals surface area contributed by atoms with Crippen LogP contribution in [-0.2, 0) is 23.1 Å². The fourth-order valence-corrected chi connectivity index (χ4v) is 5.04. The summed E-state index contributed by atoms with van der Waals surface area (Å²) in [4.78, 5) is 12.5. The third kappa shape index (κ3) is 13.0. The normalized spacial score (nSPS) is 12.9. The van der Waals surface area contributed by atoms with Crippen LogP contribution in [0.5, 0.6) is 0 Å². The molecule has 0 fully saturated rings. The van der Waals surface area contributed by atoms with Crippen LogP contribution in [0.1, 0.15) is 111 Å². The first kappa shape index (κ1) is 27.6. The van der Waals surface area contributed by atoms with Crippen molar-refractivity contribution in [2.45, 2.75) is 117 Å². The first-order chi connectivity index (χ1) is 13.6. The third-order valence-electron chi connectivity index (χ3n) is 4.81. The molecule has 0 aliphatic carbocycles. The zero-order valence-electron chi connectivity index (χ0n) is 18.9. The van der Waals surface area contributed by atoms with Crippen molar-refractivity contribution in [3.63, 3.8) is 0 Å². The minimum atomic E-state index is -3.52. The van der Waals surface area contributed by atoms with E-state index in [1.165, 1.54) is 32.1 Å². The second-order valence-electron chi connectivity index (χ2n) is 7.44. The van der Waals surface area contributed by atoms with Gasteiger partial charge >= 0.3 is 13.6 Å². The van der Waals surface area contributed by atoms with E-state index in [0.29, 0.717) is 19.6 Å². The van der Waals surface area contributed by atoms with Gasteiger partial charge in [0.2, 0.25) is 0 Å². The number of hydrogen-bond donors (Lipinski definition) is 0. The highest BCUT2D eigenvalue weighted by Crippen LogP contribution is 2.55. The highest BCUT2D eigenvalue weighted by molar-refractivity contribution is 7.55. The first-order valence-electron chi connectivity index (χ1n) is 11.6. The van der Waals surface area contributed by atoms with Crippen molar-refractivity contribution in [2.24, 2.45) is 0 Å². The zero-order valence-corrected chi connectivity index (χ0v) is 19.8. The van der Waals surface area contributed by atoms with Gasteiger partial charge in [0.15, 0.2) is 5.66 Å². The Morgan fingerprint density at radius 3 is 1.64 bits per heavy atom. The minimum Gasteiger partial charge on any atom is -0.465 e.